The van der Waals surface area contributed by atoms with Gasteiger partial charge in [-0.25, -0.2) is 0 Å². The summed E-state index contributed by atoms with van der Waals surface area (Å²) in [7, 11) is 0. The van der Waals surface area contributed by atoms with Gasteiger partial charge in [-0.3, -0.25) is 14.5 Å². The highest BCUT2D eigenvalue weighted by atomic mass is 32.2. The Morgan fingerprint density at radius 3 is 2.56 bits per heavy atom. The minimum atomic E-state index is -0.794. The van der Waals surface area contributed by atoms with Crippen molar-refractivity contribution < 1.29 is 14.3 Å². The molecule has 2 rings (SSSR count). The highest BCUT2D eigenvalue weighted by molar-refractivity contribution is 8.23. The normalized spacial score (nSPS) is 24.6. The van der Waals surface area contributed by atoms with Crippen LogP contribution in [0.4, 0.5) is 0 Å². The Kier molecular flexibility index (Phi) is 3.49. The molecule has 1 saturated heterocycles. The van der Waals surface area contributed by atoms with Gasteiger partial charge >= 0.3 is 0 Å². The van der Waals surface area contributed by atoms with Gasteiger partial charge in [0, 0.05) is 12.8 Å². The van der Waals surface area contributed by atoms with Crippen molar-refractivity contribution in [2.75, 3.05) is 5.75 Å². The van der Waals surface area contributed by atoms with Crippen LogP contribution in [-0.4, -0.2) is 33.1 Å². The summed E-state index contributed by atoms with van der Waals surface area (Å²) in [6.45, 7) is 0.435. The fraction of sp³-hybridized carbons (Fsp3) is 0.700. The maximum absolute atomic E-state index is 11.8. The minimum absolute atomic E-state index is 0.0428. The number of amides is 1. The molecule has 1 aliphatic heterocycles. The van der Waals surface area contributed by atoms with Crippen LogP contribution in [0, 0.1) is 0 Å². The average molecular weight is 259 g/mol. The summed E-state index contributed by atoms with van der Waals surface area (Å²) in [4.78, 5) is 23.9. The third-order valence-electron chi connectivity index (χ3n) is 3.06. The molecule has 2 fully saturated rings. The predicted molar refractivity (Wildman–Crippen MR) is 64.9 cm³/mol. The molecule has 0 atom stereocenters. The summed E-state index contributed by atoms with van der Waals surface area (Å²) in [6, 6.07) is 0. The van der Waals surface area contributed by atoms with Gasteiger partial charge < -0.3 is 4.74 Å². The number of hydrogen-bond acceptors (Lipinski definition) is 5. The summed E-state index contributed by atoms with van der Waals surface area (Å²) in [6.07, 6.45) is 4.43. The minimum Gasteiger partial charge on any atom is -0.441 e. The lowest BCUT2D eigenvalue weighted by molar-refractivity contribution is -0.172. The smallest absolute Gasteiger partial charge is 0.295 e. The van der Waals surface area contributed by atoms with Crippen molar-refractivity contribution in [2.45, 2.75) is 37.8 Å². The molecule has 0 bridgehead atoms. The van der Waals surface area contributed by atoms with Crippen molar-refractivity contribution in [2.24, 2.45) is 0 Å². The fourth-order valence-corrected chi connectivity index (χ4v) is 3.55. The summed E-state index contributed by atoms with van der Waals surface area (Å²) in [5, 5.41) is 0. The molecule has 0 aromatic rings. The summed E-state index contributed by atoms with van der Waals surface area (Å²) in [5.41, 5.74) is -0.794. The lowest BCUT2D eigenvalue weighted by atomic mass is 9.90. The van der Waals surface area contributed by atoms with Gasteiger partial charge in [-0.1, -0.05) is 30.4 Å². The topological polar surface area (TPSA) is 46.6 Å². The molecule has 0 radical (unpaired) electrons. The van der Waals surface area contributed by atoms with E-state index in [4.69, 9.17) is 17.0 Å². The lowest BCUT2D eigenvalue weighted by Crippen LogP contribution is -2.54. The number of nitrogens with zero attached hydrogens (tertiary/aromatic N) is 1. The summed E-state index contributed by atoms with van der Waals surface area (Å²) in [5.74, 6) is 0.321. The molecule has 0 aromatic heterocycles. The van der Waals surface area contributed by atoms with Gasteiger partial charge in [0.05, 0.1) is 5.75 Å². The van der Waals surface area contributed by atoms with E-state index in [9.17, 15) is 9.59 Å². The van der Waals surface area contributed by atoms with Crippen molar-refractivity contribution in [1.29, 1.82) is 0 Å². The first kappa shape index (κ1) is 11.9. The maximum atomic E-state index is 11.8. The third-order valence-corrected chi connectivity index (χ3v) is 4.42. The largest absolute Gasteiger partial charge is 0.441 e. The molecule has 1 aliphatic carbocycles. The number of rotatable bonds is 3. The van der Waals surface area contributed by atoms with E-state index in [-0.39, 0.29) is 5.91 Å². The molecule has 0 aromatic carbocycles. The summed E-state index contributed by atoms with van der Waals surface area (Å²) < 4.78 is 5.75. The number of thiocarbonyl (C=S) groups is 1. The highest BCUT2D eigenvalue weighted by Crippen LogP contribution is 2.39. The lowest BCUT2D eigenvalue weighted by Gasteiger charge is -2.41. The van der Waals surface area contributed by atoms with Crippen LogP contribution in [0.2, 0.25) is 0 Å². The first-order valence-corrected chi connectivity index (χ1v) is 6.70. The molecule has 1 heterocycles. The first-order chi connectivity index (χ1) is 7.69. The van der Waals surface area contributed by atoms with Crippen LogP contribution >= 0.6 is 24.0 Å². The van der Waals surface area contributed by atoms with Gasteiger partial charge in [-0.05, 0) is 12.8 Å². The quantitative estimate of drug-likeness (QED) is 0.570. The van der Waals surface area contributed by atoms with E-state index < -0.39 is 5.72 Å². The van der Waals surface area contributed by atoms with Crippen molar-refractivity contribution in [3.63, 3.8) is 0 Å². The molecule has 4 nitrogen and oxygen atoms in total. The SMILES string of the molecule is O=COC1(N2C(=O)CSC2=S)CCCCC1. The zero-order valence-corrected chi connectivity index (χ0v) is 10.4. The number of hydrogen-bond donors (Lipinski definition) is 0. The van der Waals surface area contributed by atoms with E-state index in [0.29, 0.717) is 29.4 Å². The Morgan fingerprint density at radius 2 is 2.06 bits per heavy atom. The molecule has 0 spiro atoms. The molecule has 2 aliphatic rings. The van der Waals surface area contributed by atoms with Crippen LogP contribution < -0.4 is 0 Å². The Morgan fingerprint density at radius 1 is 1.38 bits per heavy atom. The third kappa shape index (κ3) is 1.96. The Labute approximate surface area is 104 Å². The second kappa shape index (κ2) is 4.71. The molecule has 16 heavy (non-hydrogen) atoms. The van der Waals surface area contributed by atoms with Gasteiger partial charge in [0.15, 0.2) is 5.72 Å². The molecular weight excluding hydrogens is 246 g/mol. The molecule has 88 valence electrons. The number of carbonyl (C=O) groups is 2. The van der Waals surface area contributed by atoms with Gasteiger partial charge in [0.25, 0.3) is 6.47 Å². The molecule has 6 heteroatoms. The molecular formula is C10H13NO3S2. The monoisotopic (exact) mass is 259 g/mol. The van der Waals surface area contributed by atoms with E-state index in [1.807, 2.05) is 0 Å². The van der Waals surface area contributed by atoms with Gasteiger partial charge in [-0.2, -0.15) is 0 Å². The number of thioether (sulfide) groups is 1. The Balaban J connectivity index is 2.26. The van der Waals surface area contributed by atoms with Crippen LogP contribution in [0.1, 0.15) is 32.1 Å². The van der Waals surface area contributed by atoms with Gasteiger partial charge in [0.1, 0.15) is 4.32 Å². The van der Waals surface area contributed by atoms with Crippen LogP contribution in [0.25, 0.3) is 0 Å². The first-order valence-electron chi connectivity index (χ1n) is 5.31. The molecule has 0 unspecified atom stereocenters. The van der Waals surface area contributed by atoms with Crippen LogP contribution in [0.3, 0.4) is 0 Å². The zero-order valence-electron chi connectivity index (χ0n) is 8.81. The maximum Gasteiger partial charge on any atom is 0.295 e. The van der Waals surface area contributed by atoms with Crippen molar-refractivity contribution in [3.05, 3.63) is 0 Å². The second-order valence-electron chi connectivity index (χ2n) is 4.00. The Hall–Kier alpha value is -0.620. The number of carbonyl (C=O) groups excluding carboxylic acids is 2. The molecule has 1 saturated carbocycles. The van der Waals surface area contributed by atoms with Crippen molar-refractivity contribution in [3.8, 4) is 0 Å². The van der Waals surface area contributed by atoms with Crippen molar-refractivity contribution in [1.82, 2.24) is 4.90 Å². The van der Waals surface area contributed by atoms with E-state index in [2.05, 4.69) is 0 Å². The fourth-order valence-electron chi connectivity index (χ4n) is 2.34. The highest BCUT2D eigenvalue weighted by Gasteiger charge is 2.47. The van der Waals surface area contributed by atoms with E-state index in [0.717, 1.165) is 19.3 Å². The van der Waals surface area contributed by atoms with Gasteiger partial charge in [0.2, 0.25) is 5.91 Å². The standard InChI is InChI=1S/C10H13NO3S2/c12-7-14-10(4-2-1-3-5-10)11-8(13)6-16-9(11)15/h7H,1-6H2. The van der Waals surface area contributed by atoms with Crippen LogP contribution in [-0.2, 0) is 14.3 Å². The molecule has 1 amide bonds. The van der Waals surface area contributed by atoms with Crippen LogP contribution in [0.5, 0.6) is 0 Å². The van der Waals surface area contributed by atoms with E-state index >= 15 is 0 Å². The van der Waals surface area contributed by atoms with E-state index in [1.165, 1.54) is 16.7 Å². The Bertz CT molecular complexity index is 310. The van der Waals surface area contributed by atoms with E-state index in [1.54, 1.807) is 0 Å². The molecule has 0 N–H and O–H groups in total. The number of ether oxygens (including phenoxy) is 1. The predicted octanol–water partition coefficient (Wildman–Crippen LogP) is 1.68. The van der Waals surface area contributed by atoms with Gasteiger partial charge in [-0.15, -0.1) is 0 Å². The summed E-state index contributed by atoms with van der Waals surface area (Å²) >= 11 is 6.50. The zero-order chi connectivity index (χ0) is 11.6. The second-order valence-corrected chi connectivity index (χ2v) is 5.61. The average Bonchev–Trinajstić information content (AvgIpc) is 2.61. The van der Waals surface area contributed by atoms with Crippen LogP contribution in [0.15, 0.2) is 0 Å². The van der Waals surface area contributed by atoms with Crippen molar-refractivity contribution >= 4 is 40.7 Å².